The molecule has 0 radical (unpaired) electrons. The molecule has 2 aromatic rings. The Bertz CT molecular complexity index is 551. The van der Waals surface area contributed by atoms with E-state index in [2.05, 4.69) is 22.4 Å². The molecule has 0 saturated heterocycles. The molecule has 1 aromatic heterocycles. The first kappa shape index (κ1) is 13.7. The summed E-state index contributed by atoms with van der Waals surface area (Å²) in [6, 6.07) is 10.1. The van der Waals surface area contributed by atoms with Gasteiger partial charge in [-0.3, -0.25) is 4.79 Å². The first-order valence-electron chi connectivity index (χ1n) is 6.19. The Kier molecular flexibility index (Phi) is 4.65. The summed E-state index contributed by atoms with van der Waals surface area (Å²) in [5.41, 5.74) is 7.36. The summed E-state index contributed by atoms with van der Waals surface area (Å²) in [5.74, 6) is -0.0836. The van der Waals surface area contributed by atoms with Gasteiger partial charge in [0.05, 0.1) is 10.7 Å². The number of carbonyl (C=O) groups excluding carboxylic acids is 1. The predicted molar refractivity (Wildman–Crippen MR) is 77.5 cm³/mol. The van der Waals surface area contributed by atoms with Gasteiger partial charge in [-0.05, 0) is 12.5 Å². The van der Waals surface area contributed by atoms with E-state index in [-0.39, 0.29) is 5.91 Å². The van der Waals surface area contributed by atoms with E-state index in [1.165, 1.54) is 16.9 Å². The van der Waals surface area contributed by atoms with Crippen molar-refractivity contribution in [2.75, 3.05) is 13.1 Å². The summed E-state index contributed by atoms with van der Waals surface area (Å²) < 4.78 is 0. The second-order valence-corrected chi connectivity index (χ2v) is 5.31. The topological polar surface area (TPSA) is 68.0 Å². The maximum Gasteiger partial charge on any atom is 0.263 e. The molecule has 0 atom stereocenters. The molecule has 100 valence electrons. The minimum atomic E-state index is -0.0836. The molecule has 1 aromatic carbocycles. The van der Waals surface area contributed by atoms with Crippen molar-refractivity contribution in [1.82, 2.24) is 10.3 Å². The van der Waals surface area contributed by atoms with Crippen molar-refractivity contribution in [1.29, 1.82) is 0 Å². The van der Waals surface area contributed by atoms with E-state index < -0.39 is 0 Å². The van der Waals surface area contributed by atoms with Gasteiger partial charge in [-0.15, -0.1) is 11.3 Å². The Morgan fingerprint density at radius 2 is 2.11 bits per heavy atom. The van der Waals surface area contributed by atoms with Gasteiger partial charge < -0.3 is 11.1 Å². The predicted octanol–water partition coefficient (Wildman–Crippen LogP) is 1.73. The van der Waals surface area contributed by atoms with E-state index in [4.69, 9.17) is 5.73 Å². The zero-order valence-electron chi connectivity index (χ0n) is 10.8. The first-order chi connectivity index (χ1) is 9.20. The molecule has 0 bridgehead atoms. The third-order valence-electron chi connectivity index (χ3n) is 2.68. The third kappa shape index (κ3) is 3.62. The molecule has 0 spiro atoms. The molecule has 0 aliphatic heterocycles. The number of rotatable bonds is 5. The van der Waals surface area contributed by atoms with Crippen molar-refractivity contribution >= 4 is 17.2 Å². The van der Waals surface area contributed by atoms with Crippen LogP contribution in [0.3, 0.4) is 0 Å². The highest BCUT2D eigenvalue weighted by Gasteiger charge is 2.14. The summed E-state index contributed by atoms with van der Waals surface area (Å²) >= 11 is 1.45. The highest BCUT2D eigenvalue weighted by atomic mass is 32.1. The number of hydrogen-bond acceptors (Lipinski definition) is 4. The van der Waals surface area contributed by atoms with Crippen molar-refractivity contribution in [2.45, 2.75) is 13.3 Å². The van der Waals surface area contributed by atoms with Gasteiger partial charge in [0, 0.05) is 19.5 Å². The number of nitrogens with two attached hydrogens (primary N) is 1. The Balaban J connectivity index is 2.10. The quantitative estimate of drug-likeness (QED) is 0.873. The van der Waals surface area contributed by atoms with Crippen LogP contribution in [0, 0.1) is 6.92 Å². The molecule has 0 unspecified atom stereocenters. The van der Waals surface area contributed by atoms with E-state index in [0.717, 1.165) is 17.1 Å². The van der Waals surface area contributed by atoms with Crippen LogP contribution in [0.2, 0.25) is 0 Å². The lowest BCUT2D eigenvalue weighted by molar-refractivity contribution is 0.0958. The zero-order chi connectivity index (χ0) is 13.7. The van der Waals surface area contributed by atoms with E-state index in [1.807, 2.05) is 25.1 Å². The first-order valence-corrected chi connectivity index (χ1v) is 7.01. The van der Waals surface area contributed by atoms with Crippen LogP contribution in [0.1, 0.15) is 25.9 Å². The minimum absolute atomic E-state index is 0.0836. The van der Waals surface area contributed by atoms with Gasteiger partial charge in [-0.1, -0.05) is 30.3 Å². The summed E-state index contributed by atoms with van der Waals surface area (Å²) in [4.78, 5) is 17.0. The number of thiazole rings is 1. The lowest BCUT2D eigenvalue weighted by Gasteiger charge is -2.00. The van der Waals surface area contributed by atoms with Gasteiger partial charge in [-0.2, -0.15) is 0 Å². The van der Waals surface area contributed by atoms with E-state index in [1.54, 1.807) is 0 Å². The van der Waals surface area contributed by atoms with Crippen LogP contribution >= 0.6 is 11.3 Å². The summed E-state index contributed by atoms with van der Waals surface area (Å²) in [6.07, 6.45) is 0.760. The second-order valence-electron chi connectivity index (χ2n) is 4.23. The number of carbonyl (C=O) groups is 1. The van der Waals surface area contributed by atoms with Crippen molar-refractivity contribution in [2.24, 2.45) is 5.73 Å². The highest BCUT2D eigenvalue weighted by molar-refractivity contribution is 7.13. The fourth-order valence-electron chi connectivity index (χ4n) is 1.78. The number of aryl methyl sites for hydroxylation is 1. The average molecular weight is 275 g/mol. The average Bonchev–Trinajstić information content (AvgIpc) is 2.78. The number of nitrogens with one attached hydrogen (secondary N) is 1. The van der Waals surface area contributed by atoms with Crippen LogP contribution in [0.4, 0.5) is 0 Å². The standard InChI is InChI=1S/C14H17N3OS/c1-10-13(14(18)16-8-7-15)19-12(17-10)9-11-5-3-2-4-6-11/h2-6H,7-9,15H2,1H3,(H,16,18). The molecule has 1 amide bonds. The molecule has 0 saturated carbocycles. The molecular weight excluding hydrogens is 258 g/mol. The fourth-order valence-corrected chi connectivity index (χ4v) is 2.79. The number of amides is 1. The van der Waals surface area contributed by atoms with Gasteiger partial charge >= 0.3 is 0 Å². The van der Waals surface area contributed by atoms with Gasteiger partial charge in [-0.25, -0.2) is 4.98 Å². The van der Waals surface area contributed by atoms with E-state index in [0.29, 0.717) is 18.0 Å². The molecule has 3 N–H and O–H groups in total. The Morgan fingerprint density at radius 3 is 2.79 bits per heavy atom. The summed E-state index contributed by atoms with van der Waals surface area (Å²) in [5, 5.41) is 3.73. The third-order valence-corrected chi connectivity index (χ3v) is 3.83. The normalized spacial score (nSPS) is 10.4. The molecule has 0 fully saturated rings. The van der Waals surface area contributed by atoms with Gasteiger partial charge in [0.1, 0.15) is 4.88 Å². The van der Waals surface area contributed by atoms with Crippen molar-refractivity contribution in [3.63, 3.8) is 0 Å². The minimum Gasteiger partial charge on any atom is -0.350 e. The molecule has 0 aliphatic rings. The van der Waals surface area contributed by atoms with E-state index >= 15 is 0 Å². The van der Waals surface area contributed by atoms with Crippen LogP contribution < -0.4 is 11.1 Å². The lowest BCUT2D eigenvalue weighted by atomic mass is 10.2. The van der Waals surface area contributed by atoms with Crippen molar-refractivity contribution < 1.29 is 4.79 Å². The smallest absolute Gasteiger partial charge is 0.263 e. The van der Waals surface area contributed by atoms with Crippen molar-refractivity contribution in [3.8, 4) is 0 Å². The maximum atomic E-state index is 11.9. The molecule has 19 heavy (non-hydrogen) atoms. The van der Waals surface area contributed by atoms with E-state index in [9.17, 15) is 4.79 Å². The molecule has 0 aliphatic carbocycles. The molecule has 2 rings (SSSR count). The van der Waals surface area contributed by atoms with Crippen LogP contribution in [0.15, 0.2) is 30.3 Å². The maximum absolute atomic E-state index is 11.9. The van der Waals surface area contributed by atoms with Gasteiger partial charge in [0.25, 0.3) is 5.91 Å². The Morgan fingerprint density at radius 1 is 1.37 bits per heavy atom. The molecule has 5 heteroatoms. The zero-order valence-corrected chi connectivity index (χ0v) is 11.7. The molecule has 4 nitrogen and oxygen atoms in total. The summed E-state index contributed by atoms with van der Waals surface area (Å²) in [6.45, 7) is 2.80. The number of aromatic nitrogens is 1. The largest absolute Gasteiger partial charge is 0.350 e. The second kappa shape index (κ2) is 6.45. The van der Waals surface area contributed by atoms with Crippen molar-refractivity contribution in [3.05, 3.63) is 51.5 Å². The number of benzene rings is 1. The Labute approximate surface area is 116 Å². The van der Waals surface area contributed by atoms with Gasteiger partial charge in [0.2, 0.25) is 0 Å². The SMILES string of the molecule is Cc1nc(Cc2ccccc2)sc1C(=O)NCCN. The lowest BCUT2D eigenvalue weighted by Crippen LogP contribution is -2.28. The summed E-state index contributed by atoms with van der Waals surface area (Å²) in [7, 11) is 0. The number of hydrogen-bond donors (Lipinski definition) is 2. The van der Waals surface area contributed by atoms with Crippen LogP contribution in [0.5, 0.6) is 0 Å². The monoisotopic (exact) mass is 275 g/mol. The van der Waals surface area contributed by atoms with Crippen LogP contribution in [-0.2, 0) is 6.42 Å². The number of nitrogens with zero attached hydrogens (tertiary/aromatic N) is 1. The van der Waals surface area contributed by atoms with Gasteiger partial charge in [0.15, 0.2) is 0 Å². The molecular formula is C14H17N3OS. The Hall–Kier alpha value is -1.72. The van der Waals surface area contributed by atoms with Crippen LogP contribution in [-0.4, -0.2) is 24.0 Å². The molecule has 1 heterocycles. The van der Waals surface area contributed by atoms with Crippen LogP contribution in [0.25, 0.3) is 0 Å². The fraction of sp³-hybridized carbons (Fsp3) is 0.286. The highest BCUT2D eigenvalue weighted by Crippen LogP contribution is 2.20.